The topological polar surface area (TPSA) is 69.9 Å². The maximum atomic E-state index is 12.7. The summed E-state index contributed by atoms with van der Waals surface area (Å²) in [5, 5.41) is 9.63. The van der Waals surface area contributed by atoms with E-state index in [1.54, 1.807) is 4.90 Å². The molecule has 3 rings (SSSR count). The highest BCUT2D eigenvalue weighted by Crippen LogP contribution is 2.23. The molecular weight excluding hydrogens is 344 g/mol. The van der Waals surface area contributed by atoms with E-state index in [9.17, 15) is 4.79 Å². The molecule has 0 aliphatic heterocycles. The molecule has 0 atom stereocenters. The summed E-state index contributed by atoms with van der Waals surface area (Å²) in [4.78, 5) is 23.6. The maximum absolute atomic E-state index is 12.7. The van der Waals surface area contributed by atoms with Crippen molar-refractivity contribution in [3.05, 3.63) is 60.3 Å². The number of benzene rings is 2. The van der Waals surface area contributed by atoms with Crippen LogP contribution in [0.4, 0.5) is 5.69 Å². The molecule has 0 spiro atoms. The first-order chi connectivity index (χ1) is 12.7. The molecule has 6 heteroatoms. The smallest absolute Gasteiger partial charge is 0.237 e. The molecule has 130 valence electrons. The molecule has 0 N–H and O–H groups in total. The van der Waals surface area contributed by atoms with E-state index in [0.717, 1.165) is 27.4 Å². The third kappa shape index (κ3) is 4.19. The number of carbonyl (C=O) groups excluding carboxylic acids is 1. The Morgan fingerprint density at radius 2 is 1.73 bits per heavy atom. The van der Waals surface area contributed by atoms with Crippen LogP contribution < -0.4 is 4.90 Å². The van der Waals surface area contributed by atoms with Gasteiger partial charge in [0.25, 0.3) is 0 Å². The second kappa shape index (κ2) is 8.45. The second-order valence-corrected chi connectivity index (χ2v) is 6.64. The number of hydrogen-bond donors (Lipinski definition) is 0. The zero-order chi connectivity index (χ0) is 18.4. The fraction of sp³-hybridized carbons (Fsp3) is 0.200. The van der Waals surface area contributed by atoms with Crippen molar-refractivity contribution in [3.8, 4) is 6.07 Å². The van der Waals surface area contributed by atoms with Gasteiger partial charge in [0, 0.05) is 12.2 Å². The van der Waals surface area contributed by atoms with Gasteiger partial charge in [-0.15, -0.1) is 0 Å². The number of thioether (sulfide) groups is 1. The summed E-state index contributed by atoms with van der Waals surface area (Å²) < 4.78 is 0. The molecule has 3 aromatic rings. The summed E-state index contributed by atoms with van der Waals surface area (Å²) in [5.41, 5.74) is 3.28. The Kier molecular flexibility index (Phi) is 5.82. The molecule has 0 aliphatic carbocycles. The quantitative estimate of drug-likeness (QED) is 0.620. The summed E-state index contributed by atoms with van der Waals surface area (Å²) in [7, 11) is 0. The predicted octanol–water partition coefficient (Wildman–Crippen LogP) is 3.98. The van der Waals surface area contributed by atoms with Gasteiger partial charge in [-0.05, 0) is 31.2 Å². The molecule has 0 unspecified atom stereocenters. The van der Waals surface area contributed by atoms with E-state index in [1.165, 1.54) is 11.8 Å². The molecule has 0 aliphatic rings. The number of fused-ring (bicyclic) bond motifs is 1. The van der Waals surface area contributed by atoms with E-state index in [2.05, 4.69) is 16.0 Å². The number of aryl methyl sites for hydroxylation is 1. The number of anilines is 1. The number of aromatic nitrogens is 2. The highest BCUT2D eigenvalue weighted by atomic mass is 32.2. The van der Waals surface area contributed by atoms with Gasteiger partial charge in [-0.3, -0.25) is 4.79 Å². The van der Waals surface area contributed by atoms with E-state index < -0.39 is 0 Å². The van der Waals surface area contributed by atoms with Crippen LogP contribution in [0.2, 0.25) is 0 Å². The maximum Gasteiger partial charge on any atom is 0.237 e. The summed E-state index contributed by atoms with van der Waals surface area (Å²) in [6.07, 6.45) is 0.292. The monoisotopic (exact) mass is 362 g/mol. The Morgan fingerprint density at radius 3 is 2.42 bits per heavy atom. The Bertz CT molecular complexity index is 953. The van der Waals surface area contributed by atoms with Gasteiger partial charge in [-0.1, -0.05) is 42.1 Å². The van der Waals surface area contributed by atoms with Crippen LogP contribution in [0.5, 0.6) is 0 Å². The fourth-order valence-electron chi connectivity index (χ4n) is 2.58. The molecule has 2 aromatic carbocycles. The molecule has 1 heterocycles. The van der Waals surface area contributed by atoms with Crippen LogP contribution in [-0.2, 0) is 4.79 Å². The largest absolute Gasteiger partial charge is 0.311 e. The molecule has 0 radical (unpaired) electrons. The molecular formula is C20H18N4OS. The van der Waals surface area contributed by atoms with E-state index in [1.807, 2.05) is 61.5 Å². The van der Waals surface area contributed by atoms with Crippen LogP contribution in [0.25, 0.3) is 11.0 Å². The zero-order valence-electron chi connectivity index (χ0n) is 14.4. The fourth-order valence-corrected chi connectivity index (χ4v) is 3.42. The predicted molar refractivity (Wildman–Crippen MR) is 104 cm³/mol. The molecule has 1 aromatic heterocycles. The molecule has 0 bridgehead atoms. The van der Waals surface area contributed by atoms with Crippen molar-refractivity contribution >= 4 is 34.4 Å². The van der Waals surface area contributed by atoms with Crippen LogP contribution in [-0.4, -0.2) is 28.2 Å². The lowest BCUT2D eigenvalue weighted by Gasteiger charge is -2.21. The Hall–Kier alpha value is -2.91. The van der Waals surface area contributed by atoms with Crippen molar-refractivity contribution in [2.75, 3.05) is 17.2 Å². The van der Waals surface area contributed by atoms with Crippen molar-refractivity contribution < 1.29 is 4.79 Å². The van der Waals surface area contributed by atoms with Crippen molar-refractivity contribution in [1.82, 2.24) is 9.97 Å². The molecule has 5 nitrogen and oxygen atoms in total. The van der Waals surface area contributed by atoms with Crippen LogP contribution in [0.15, 0.2) is 59.6 Å². The number of rotatable bonds is 6. The van der Waals surface area contributed by atoms with Crippen molar-refractivity contribution in [1.29, 1.82) is 5.26 Å². The van der Waals surface area contributed by atoms with Crippen LogP contribution in [0.1, 0.15) is 12.1 Å². The van der Waals surface area contributed by atoms with Gasteiger partial charge in [0.1, 0.15) is 5.03 Å². The third-order valence-corrected chi connectivity index (χ3v) is 4.90. The summed E-state index contributed by atoms with van der Waals surface area (Å²) >= 11 is 1.38. The molecule has 0 saturated heterocycles. The minimum absolute atomic E-state index is 0.0502. The van der Waals surface area contributed by atoms with Crippen LogP contribution in [0, 0.1) is 18.3 Å². The average Bonchev–Trinajstić information content (AvgIpc) is 2.67. The van der Waals surface area contributed by atoms with E-state index >= 15 is 0 Å². The van der Waals surface area contributed by atoms with Gasteiger partial charge >= 0.3 is 0 Å². The van der Waals surface area contributed by atoms with Gasteiger partial charge < -0.3 is 4.90 Å². The number of nitriles is 1. The first kappa shape index (κ1) is 17.9. The van der Waals surface area contributed by atoms with Gasteiger partial charge in [0.2, 0.25) is 5.91 Å². The molecule has 1 amide bonds. The van der Waals surface area contributed by atoms with Crippen molar-refractivity contribution in [2.45, 2.75) is 18.4 Å². The highest BCUT2D eigenvalue weighted by Gasteiger charge is 2.17. The minimum atomic E-state index is -0.0502. The minimum Gasteiger partial charge on any atom is -0.311 e. The number of nitrogens with zero attached hydrogens (tertiary/aromatic N) is 4. The Balaban J connectivity index is 1.76. The summed E-state index contributed by atoms with van der Waals surface area (Å²) in [6, 6.07) is 19.2. The first-order valence-electron chi connectivity index (χ1n) is 8.27. The Morgan fingerprint density at radius 1 is 1.08 bits per heavy atom. The van der Waals surface area contributed by atoms with Gasteiger partial charge in [0.15, 0.2) is 0 Å². The highest BCUT2D eigenvalue weighted by molar-refractivity contribution is 8.00. The number of amides is 1. The van der Waals surface area contributed by atoms with Crippen LogP contribution in [0.3, 0.4) is 0 Å². The number of carbonyl (C=O) groups is 1. The average molecular weight is 362 g/mol. The van der Waals surface area contributed by atoms with Crippen molar-refractivity contribution in [2.24, 2.45) is 0 Å². The van der Waals surface area contributed by atoms with Gasteiger partial charge in [-0.2, -0.15) is 5.26 Å². The third-order valence-electron chi connectivity index (χ3n) is 3.85. The number of hydrogen-bond acceptors (Lipinski definition) is 5. The van der Waals surface area contributed by atoms with Crippen LogP contribution >= 0.6 is 11.8 Å². The van der Waals surface area contributed by atoms with Gasteiger partial charge in [-0.25, -0.2) is 9.97 Å². The lowest BCUT2D eigenvalue weighted by atomic mass is 10.2. The Labute approximate surface area is 156 Å². The van der Waals surface area contributed by atoms with E-state index in [0.29, 0.717) is 13.0 Å². The lowest BCUT2D eigenvalue weighted by molar-refractivity contribution is -0.116. The molecule has 0 fully saturated rings. The van der Waals surface area contributed by atoms with Crippen molar-refractivity contribution in [3.63, 3.8) is 0 Å². The zero-order valence-corrected chi connectivity index (χ0v) is 15.2. The number of para-hydroxylation sites is 3. The molecule has 26 heavy (non-hydrogen) atoms. The SMILES string of the molecule is Cc1nc2ccccc2nc1SCC(=O)N(CCC#N)c1ccccc1. The van der Waals surface area contributed by atoms with E-state index in [-0.39, 0.29) is 11.7 Å². The first-order valence-corrected chi connectivity index (χ1v) is 9.26. The lowest BCUT2D eigenvalue weighted by Crippen LogP contribution is -2.33. The summed E-state index contributed by atoms with van der Waals surface area (Å²) in [5.74, 6) is 0.194. The second-order valence-electron chi connectivity index (χ2n) is 5.68. The standard InChI is InChI=1S/C20H18N4OS/c1-15-20(23-18-11-6-5-10-17(18)22-15)26-14-19(25)24(13-7-12-21)16-8-3-2-4-9-16/h2-6,8-11H,7,13-14H2,1H3. The molecule has 0 saturated carbocycles. The van der Waals surface area contributed by atoms with E-state index in [4.69, 9.17) is 5.26 Å². The summed E-state index contributed by atoms with van der Waals surface area (Å²) in [6.45, 7) is 2.28. The normalized spacial score (nSPS) is 10.5. The van der Waals surface area contributed by atoms with Gasteiger partial charge in [0.05, 0.1) is 35.0 Å².